The van der Waals surface area contributed by atoms with Crippen molar-refractivity contribution in [3.8, 4) is 5.75 Å². The summed E-state index contributed by atoms with van der Waals surface area (Å²) in [6, 6.07) is 10.5. The molecule has 1 heterocycles. The highest BCUT2D eigenvalue weighted by atomic mass is 16.5. The van der Waals surface area contributed by atoms with Crippen molar-refractivity contribution in [3.05, 3.63) is 58.1 Å². The van der Waals surface area contributed by atoms with E-state index in [9.17, 15) is 4.79 Å². The number of carbonyl (C=O) groups excluding carboxylic acids is 1. The first-order chi connectivity index (χ1) is 11.8. The summed E-state index contributed by atoms with van der Waals surface area (Å²) in [5.74, 6) is 0.982. The molecule has 1 N–H and O–H groups in total. The van der Waals surface area contributed by atoms with Crippen LogP contribution in [0.4, 0.5) is 5.69 Å². The third-order valence-corrected chi connectivity index (χ3v) is 5.37. The summed E-state index contributed by atoms with van der Waals surface area (Å²) in [5.41, 5.74) is 6.69. The SMILES string of the molecule is CC(=O)Nc1c(C)c(C)c2c(c1C)CC(C)(CCc1ccccc1)O2. The molecule has 1 atom stereocenters. The second kappa shape index (κ2) is 6.55. The van der Waals surface area contributed by atoms with Gasteiger partial charge in [-0.1, -0.05) is 30.3 Å². The molecule has 1 aliphatic heterocycles. The number of rotatable bonds is 4. The second-order valence-corrected chi connectivity index (χ2v) is 7.45. The molecule has 2 aromatic carbocycles. The largest absolute Gasteiger partial charge is 0.487 e. The van der Waals surface area contributed by atoms with Gasteiger partial charge in [-0.15, -0.1) is 0 Å². The fraction of sp³-hybridized carbons (Fsp3) is 0.409. The third kappa shape index (κ3) is 3.41. The van der Waals surface area contributed by atoms with Crippen LogP contribution in [0, 0.1) is 20.8 Å². The Labute approximate surface area is 150 Å². The molecule has 0 saturated heterocycles. The number of ether oxygens (including phenoxy) is 1. The van der Waals surface area contributed by atoms with Crippen molar-refractivity contribution < 1.29 is 9.53 Å². The number of hydrogen-bond donors (Lipinski definition) is 1. The number of anilines is 1. The van der Waals surface area contributed by atoms with Gasteiger partial charge < -0.3 is 10.1 Å². The van der Waals surface area contributed by atoms with Crippen LogP contribution in [0.1, 0.15) is 48.1 Å². The highest BCUT2D eigenvalue weighted by Gasteiger charge is 2.37. The van der Waals surface area contributed by atoms with E-state index in [0.717, 1.165) is 47.4 Å². The van der Waals surface area contributed by atoms with Crippen LogP contribution in [0.5, 0.6) is 5.75 Å². The van der Waals surface area contributed by atoms with Gasteiger partial charge in [0.05, 0.1) is 0 Å². The zero-order valence-corrected chi connectivity index (χ0v) is 15.8. The number of fused-ring (bicyclic) bond motifs is 1. The molecule has 0 spiro atoms. The van der Waals surface area contributed by atoms with Crippen LogP contribution in [0.15, 0.2) is 30.3 Å². The van der Waals surface area contributed by atoms with E-state index in [2.05, 4.69) is 57.3 Å². The number of carbonyl (C=O) groups is 1. The van der Waals surface area contributed by atoms with Crippen molar-refractivity contribution in [2.45, 2.75) is 59.5 Å². The van der Waals surface area contributed by atoms with Crippen molar-refractivity contribution in [1.29, 1.82) is 0 Å². The molecule has 0 saturated carbocycles. The molecule has 3 heteroatoms. The second-order valence-electron chi connectivity index (χ2n) is 7.45. The molecule has 132 valence electrons. The molecule has 2 aromatic rings. The molecule has 3 nitrogen and oxygen atoms in total. The Morgan fingerprint density at radius 2 is 1.80 bits per heavy atom. The Morgan fingerprint density at radius 1 is 1.12 bits per heavy atom. The average molecular weight is 337 g/mol. The van der Waals surface area contributed by atoms with Crippen LogP contribution < -0.4 is 10.1 Å². The summed E-state index contributed by atoms with van der Waals surface area (Å²) in [4.78, 5) is 11.6. The minimum atomic E-state index is -0.199. The Hall–Kier alpha value is -2.29. The summed E-state index contributed by atoms with van der Waals surface area (Å²) in [7, 11) is 0. The van der Waals surface area contributed by atoms with Gasteiger partial charge in [0.25, 0.3) is 0 Å². The van der Waals surface area contributed by atoms with Crippen molar-refractivity contribution in [3.63, 3.8) is 0 Å². The van der Waals surface area contributed by atoms with Crippen molar-refractivity contribution in [2.75, 3.05) is 5.32 Å². The topological polar surface area (TPSA) is 38.3 Å². The Morgan fingerprint density at radius 3 is 2.44 bits per heavy atom. The van der Waals surface area contributed by atoms with Gasteiger partial charge in [0.1, 0.15) is 11.4 Å². The number of aryl methyl sites for hydroxylation is 1. The van der Waals surface area contributed by atoms with E-state index in [4.69, 9.17) is 4.74 Å². The Bertz CT molecular complexity index is 811. The minimum absolute atomic E-state index is 0.0312. The molecular formula is C22H27NO2. The molecule has 1 amide bonds. The van der Waals surface area contributed by atoms with E-state index in [-0.39, 0.29) is 11.5 Å². The van der Waals surface area contributed by atoms with E-state index < -0.39 is 0 Å². The zero-order chi connectivity index (χ0) is 18.2. The summed E-state index contributed by atoms with van der Waals surface area (Å²) >= 11 is 0. The Kier molecular flexibility index (Phi) is 4.59. The molecule has 0 aliphatic carbocycles. The lowest BCUT2D eigenvalue weighted by atomic mass is 9.88. The summed E-state index contributed by atoms with van der Waals surface area (Å²) in [6.45, 7) is 9.98. The smallest absolute Gasteiger partial charge is 0.221 e. The van der Waals surface area contributed by atoms with Gasteiger partial charge >= 0.3 is 0 Å². The fourth-order valence-electron chi connectivity index (χ4n) is 3.75. The van der Waals surface area contributed by atoms with Gasteiger partial charge in [0, 0.05) is 24.6 Å². The van der Waals surface area contributed by atoms with E-state index in [1.54, 1.807) is 6.92 Å². The van der Waals surface area contributed by atoms with Crippen LogP contribution >= 0.6 is 0 Å². The van der Waals surface area contributed by atoms with Gasteiger partial charge in [0.15, 0.2) is 0 Å². The van der Waals surface area contributed by atoms with E-state index in [1.807, 2.05) is 6.07 Å². The maximum atomic E-state index is 11.6. The van der Waals surface area contributed by atoms with Crippen LogP contribution in [0.25, 0.3) is 0 Å². The molecule has 25 heavy (non-hydrogen) atoms. The molecule has 0 radical (unpaired) electrons. The highest BCUT2D eigenvalue weighted by molar-refractivity contribution is 5.91. The van der Waals surface area contributed by atoms with Gasteiger partial charge in [-0.05, 0) is 62.8 Å². The van der Waals surface area contributed by atoms with Crippen molar-refractivity contribution in [2.24, 2.45) is 0 Å². The van der Waals surface area contributed by atoms with E-state index in [0.29, 0.717) is 0 Å². The normalized spacial score (nSPS) is 18.6. The van der Waals surface area contributed by atoms with Crippen LogP contribution in [-0.2, 0) is 17.6 Å². The lowest BCUT2D eigenvalue weighted by Gasteiger charge is -2.24. The maximum absolute atomic E-state index is 11.6. The van der Waals surface area contributed by atoms with E-state index >= 15 is 0 Å². The molecular weight excluding hydrogens is 310 g/mol. The number of hydrogen-bond acceptors (Lipinski definition) is 2. The number of amides is 1. The predicted octanol–water partition coefficient (Wildman–Crippen LogP) is 4.90. The molecule has 0 bridgehead atoms. The standard InChI is InChI=1S/C22H27NO2/c1-14-15(2)21-19(16(3)20(14)23-17(4)24)13-22(5,25-21)12-11-18-9-7-6-8-10-18/h6-10H,11-13H2,1-5H3,(H,23,24). The summed E-state index contributed by atoms with van der Waals surface area (Å²) in [6.07, 6.45) is 2.86. The van der Waals surface area contributed by atoms with Crippen LogP contribution in [-0.4, -0.2) is 11.5 Å². The maximum Gasteiger partial charge on any atom is 0.221 e. The first-order valence-electron chi connectivity index (χ1n) is 8.94. The molecule has 3 rings (SSSR count). The van der Waals surface area contributed by atoms with E-state index in [1.165, 1.54) is 11.1 Å². The fourth-order valence-corrected chi connectivity index (χ4v) is 3.75. The molecule has 1 aliphatic rings. The van der Waals surface area contributed by atoms with Gasteiger partial charge in [0.2, 0.25) is 5.91 Å². The van der Waals surface area contributed by atoms with Gasteiger partial charge in [-0.25, -0.2) is 0 Å². The van der Waals surface area contributed by atoms with Crippen LogP contribution in [0.2, 0.25) is 0 Å². The lowest BCUT2D eigenvalue weighted by Crippen LogP contribution is -2.30. The molecule has 1 unspecified atom stereocenters. The van der Waals surface area contributed by atoms with Gasteiger partial charge in [-0.3, -0.25) is 4.79 Å². The quantitative estimate of drug-likeness (QED) is 0.862. The highest BCUT2D eigenvalue weighted by Crippen LogP contribution is 2.45. The number of nitrogens with one attached hydrogen (secondary N) is 1. The first-order valence-corrected chi connectivity index (χ1v) is 8.94. The predicted molar refractivity (Wildman–Crippen MR) is 102 cm³/mol. The number of benzene rings is 2. The molecule has 0 fully saturated rings. The minimum Gasteiger partial charge on any atom is -0.487 e. The average Bonchev–Trinajstić information content (AvgIpc) is 2.94. The molecule has 0 aromatic heterocycles. The lowest BCUT2D eigenvalue weighted by molar-refractivity contribution is -0.114. The van der Waals surface area contributed by atoms with Gasteiger partial charge in [-0.2, -0.15) is 0 Å². The van der Waals surface area contributed by atoms with Crippen LogP contribution in [0.3, 0.4) is 0 Å². The summed E-state index contributed by atoms with van der Waals surface area (Å²) in [5, 5.41) is 3.00. The first kappa shape index (κ1) is 17.5. The monoisotopic (exact) mass is 337 g/mol. The zero-order valence-electron chi connectivity index (χ0n) is 15.8. The summed E-state index contributed by atoms with van der Waals surface area (Å²) < 4.78 is 6.46. The van der Waals surface area contributed by atoms with Crippen molar-refractivity contribution in [1.82, 2.24) is 0 Å². The van der Waals surface area contributed by atoms with Crippen molar-refractivity contribution >= 4 is 11.6 Å². The Balaban J connectivity index is 1.87. The third-order valence-electron chi connectivity index (χ3n) is 5.37.